The number of thiazole rings is 1. The molecule has 0 amide bonds. The first-order valence-corrected chi connectivity index (χ1v) is 12.9. The number of benzene rings is 1. The molecule has 0 aliphatic heterocycles. The monoisotopic (exact) mass is 469 g/mol. The molecule has 2 rings (SSSR count). The molecule has 0 saturated carbocycles. The normalized spacial score (nSPS) is 13.6. The van der Waals surface area contributed by atoms with E-state index in [1.807, 2.05) is 0 Å². The summed E-state index contributed by atoms with van der Waals surface area (Å²) < 4.78 is 84.7. The van der Waals surface area contributed by atoms with Gasteiger partial charge in [-0.15, -0.1) is 11.3 Å². The average molecular weight is 470 g/mol. The lowest BCUT2D eigenvalue weighted by molar-refractivity contribution is -0.134. The van der Waals surface area contributed by atoms with Crippen molar-refractivity contribution in [2.24, 2.45) is 0 Å². The van der Waals surface area contributed by atoms with Crippen LogP contribution in [0, 0.1) is 0 Å². The molecule has 5 nitrogen and oxygen atoms in total. The Bertz CT molecular complexity index is 1050. The number of hydrogen-bond donors (Lipinski definition) is 0. The van der Waals surface area contributed by atoms with E-state index in [9.17, 15) is 30.0 Å². The van der Waals surface area contributed by atoms with Crippen LogP contribution in [0.25, 0.3) is 11.3 Å². The van der Waals surface area contributed by atoms with E-state index in [4.69, 9.17) is 0 Å². The molecular weight excluding hydrogens is 447 g/mol. The number of nitrogens with zero attached hydrogens (tertiary/aromatic N) is 1. The van der Waals surface area contributed by atoms with Gasteiger partial charge in [-0.25, -0.2) is 21.8 Å². The van der Waals surface area contributed by atoms with Crippen LogP contribution in [0.15, 0.2) is 34.5 Å². The van der Waals surface area contributed by atoms with E-state index in [0.717, 1.165) is 0 Å². The van der Waals surface area contributed by atoms with Crippen molar-refractivity contribution in [3.05, 3.63) is 34.7 Å². The van der Waals surface area contributed by atoms with Gasteiger partial charge in [-0.2, -0.15) is 13.2 Å². The maximum absolute atomic E-state index is 12.3. The number of halogens is 3. The van der Waals surface area contributed by atoms with Crippen LogP contribution in [0.3, 0.4) is 0 Å². The highest BCUT2D eigenvalue weighted by atomic mass is 32.2. The summed E-state index contributed by atoms with van der Waals surface area (Å²) in [5.41, 5.74) is 1.10. The Balaban J connectivity index is 2.12. The molecule has 1 aromatic carbocycles. The first-order chi connectivity index (χ1) is 13.1. The fraction of sp³-hybridized carbons (Fsp3) is 0.500. The SMILES string of the molecule is CC(C)(C)S(=O)(=O)Cc1nc(-c2ccc(S(=O)(=O)CCCC(F)(F)F)cc2)cs1. The van der Waals surface area contributed by atoms with E-state index in [2.05, 4.69) is 4.98 Å². The minimum Gasteiger partial charge on any atom is -0.240 e. The Labute approximate surface area is 172 Å². The van der Waals surface area contributed by atoms with Gasteiger partial charge in [-0.05, 0) is 39.3 Å². The van der Waals surface area contributed by atoms with Crippen molar-refractivity contribution in [3.63, 3.8) is 0 Å². The van der Waals surface area contributed by atoms with Gasteiger partial charge in [0.05, 0.1) is 21.1 Å². The molecule has 0 radical (unpaired) electrons. The van der Waals surface area contributed by atoms with Crippen molar-refractivity contribution in [2.45, 2.75) is 55.2 Å². The van der Waals surface area contributed by atoms with Gasteiger partial charge >= 0.3 is 6.18 Å². The van der Waals surface area contributed by atoms with Crippen LogP contribution >= 0.6 is 11.3 Å². The van der Waals surface area contributed by atoms with Crippen LogP contribution < -0.4 is 0 Å². The molecule has 0 bridgehead atoms. The van der Waals surface area contributed by atoms with Gasteiger partial charge in [-0.3, -0.25) is 0 Å². The molecule has 0 spiro atoms. The molecule has 2 aromatic rings. The molecule has 0 saturated heterocycles. The van der Waals surface area contributed by atoms with E-state index in [0.29, 0.717) is 16.3 Å². The number of alkyl halides is 3. The highest BCUT2D eigenvalue weighted by Crippen LogP contribution is 2.28. The zero-order valence-corrected chi connectivity index (χ0v) is 18.6. The first-order valence-electron chi connectivity index (χ1n) is 8.67. The summed E-state index contributed by atoms with van der Waals surface area (Å²) in [5, 5.41) is 2.11. The van der Waals surface area contributed by atoms with Crippen LogP contribution in [-0.2, 0) is 25.4 Å². The molecular formula is C18H22F3NO4S3. The molecule has 1 aromatic heterocycles. The minimum absolute atomic E-state index is 0.0609. The summed E-state index contributed by atoms with van der Waals surface area (Å²) in [6, 6.07) is 5.66. The van der Waals surface area contributed by atoms with Crippen molar-refractivity contribution >= 4 is 31.0 Å². The third kappa shape index (κ3) is 6.51. The zero-order valence-electron chi connectivity index (χ0n) is 16.2. The lowest BCUT2D eigenvalue weighted by Gasteiger charge is -2.17. The van der Waals surface area contributed by atoms with E-state index in [-0.39, 0.29) is 10.6 Å². The average Bonchev–Trinajstić information content (AvgIpc) is 3.00. The molecule has 0 aliphatic carbocycles. The van der Waals surface area contributed by atoms with Gasteiger partial charge in [0.1, 0.15) is 10.8 Å². The third-order valence-corrected chi connectivity index (χ3v) is 9.55. The Kier molecular flexibility index (Phi) is 6.86. The summed E-state index contributed by atoms with van der Waals surface area (Å²) >= 11 is 1.20. The molecule has 1 heterocycles. The maximum atomic E-state index is 12.3. The van der Waals surface area contributed by atoms with Gasteiger partial charge < -0.3 is 0 Å². The molecule has 162 valence electrons. The van der Waals surface area contributed by atoms with E-state index < -0.39 is 49.2 Å². The predicted molar refractivity (Wildman–Crippen MR) is 107 cm³/mol. The Morgan fingerprint density at radius 2 is 1.59 bits per heavy atom. The van der Waals surface area contributed by atoms with E-state index >= 15 is 0 Å². The second-order valence-electron chi connectivity index (χ2n) is 7.56. The standard InChI is InChI=1S/C18H22F3NO4S3/c1-17(2,3)29(25,26)12-16-22-15(11-27-16)13-5-7-14(8-6-13)28(23,24)10-4-9-18(19,20)21/h5-8,11H,4,9-10,12H2,1-3H3. The number of sulfone groups is 2. The molecule has 11 heteroatoms. The fourth-order valence-corrected chi connectivity index (χ4v) is 5.76. The molecule has 0 fully saturated rings. The quantitative estimate of drug-likeness (QED) is 0.590. The first kappa shape index (κ1) is 23.8. The Morgan fingerprint density at radius 1 is 1.00 bits per heavy atom. The van der Waals surface area contributed by atoms with Crippen LogP contribution in [0.5, 0.6) is 0 Å². The summed E-state index contributed by atoms with van der Waals surface area (Å²) in [5.74, 6) is -0.774. The third-order valence-electron chi connectivity index (χ3n) is 4.18. The van der Waals surface area contributed by atoms with Crippen LogP contribution in [0.2, 0.25) is 0 Å². The van der Waals surface area contributed by atoms with Gasteiger partial charge in [0.2, 0.25) is 0 Å². The van der Waals surface area contributed by atoms with Gasteiger partial charge in [0.15, 0.2) is 19.7 Å². The minimum atomic E-state index is -4.39. The topological polar surface area (TPSA) is 81.2 Å². The smallest absolute Gasteiger partial charge is 0.240 e. The largest absolute Gasteiger partial charge is 0.389 e. The predicted octanol–water partition coefficient (Wildman–Crippen LogP) is 4.64. The van der Waals surface area contributed by atoms with Crippen molar-refractivity contribution in [3.8, 4) is 11.3 Å². The Morgan fingerprint density at radius 3 is 2.10 bits per heavy atom. The highest BCUT2D eigenvalue weighted by molar-refractivity contribution is 7.92. The second kappa shape index (κ2) is 8.35. The van der Waals surface area contributed by atoms with Crippen LogP contribution in [-0.4, -0.2) is 38.5 Å². The number of rotatable bonds is 7. The van der Waals surface area contributed by atoms with E-state index in [1.165, 1.54) is 35.6 Å². The fourth-order valence-electron chi connectivity index (χ4n) is 2.30. The molecule has 29 heavy (non-hydrogen) atoms. The summed E-state index contributed by atoms with van der Waals surface area (Å²) in [6.07, 6.45) is -6.03. The van der Waals surface area contributed by atoms with Crippen molar-refractivity contribution in [2.75, 3.05) is 5.75 Å². The second-order valence-corrected chi connectivity index (χ2v) is 13.4. The van der Waals surface area contributed by atoms with Crippen molar-refractivity contribution < 1.29 is 30.0 Å². The zero-order chi connectivity index (χ0) is 22.1. The van der Waals surface area contributed by atoms with Gasteiger partial charge in [-0.1, -0.05) is 12.1 Å². The van der Waals surface area contributed by atoms with Crippen LogP contribution in [0.1, 0.15) is 38.6 Å². The van der Waals surface area contributed by atoms with Gasteiger partial charge in [0.25, 0.3) is 0 Å². The lowest BCUT2D eigenvalue weighted by Crippen LogP contribution is -2.29. The summed E-state index contributed by atoms with van der Waals surface area (Å²) in [6.45, 7) is 4.85. The van der Waals surface area contributed by atoms with E-state index in [1.54, 1.807) is 26.2 Å². The summed E-state index contributed by atoms with van der Waals surface area (Å²) in [4.78, 5) is 4.25. The highest BCUT2D eigenvalue weighted by Gasteiger charge is 2.30. The molecule has 0 unspecified atom stereocenters. The maximum Gasteiger partial charge on any atom is 0.389 e. The van der Waals surface area contributed by atoms with Crippen molar-refractivity contribution in [1.29, 1.82) is 0 Å². The molecule has 0 aliphatic rings. The molecule has 0 N–H and O–H groups in total. The van der Waals surface area contributed by atoms with Crippen LogP contribution in [0.4, 0.5) is 13.2 Å². The van der Waals surface area contributed by atoms with Crippen molar-refractivity contribution in [1.82, 2.24) is 4.98 Å². The summed E-state index contributed by atoms with van der Waals surface area (Å²) in [7, 11) is -7.19. The van der Waals surface area contributed by atoms with Gasteiger partial charge in [0, 0.05) is 17.4 Å². The molecule has 0 atom stereocenters. The number of aromatic nitrogens is 1. The number of hydrogen-bond acceptors (Lipinski definition) is 6. The Hall–Kier alpha value is -1.46. The lowest BCUT2D eigenvalue weighted by atomic mass is 10.2.